The van der Waals surface area contributed by atoms with Gasteiger partial charge in [-0.25, -0.2) is 0 Å². The van der Waals surface area contributed by atoms with Crippen LogP contribution in [-0.2, 0) is 17.7 Å². The van der Waals surface area contributed by atoms with Gasteiger partial charge in [-0.3, -0.25) is 0 Å². The maximum Gasteiger partial charge on any atom is 0.191 e. The molecule has 0 saturated carbocycles. The van der Waals surface area contributed by atoms with E-state index in [4.69, 9.17) is 10.5 Å². The number of nitrogens with zero attached hydrogens (tertiary/aromatic N) is 3. The first-order valence-electron chi connectivity index (χ1n) is 7.23. The van der Waals surface area contributed by atoms with E-state index in [-0.39, 0.29) is 6.04 Å². The number of ether oxygens (including phenoxy) is 1. The maximum absolute atomic E-state index is 6.24. The van der Waals surface area contributed by atoms with E-state index in [2.05, 4.69) is 14.8 Å². The van der Waals surface area contributed by atoms with Gasteiger partial charge in [0.1, 0.15) is 5.82 Å². The van der Waals surface area contributed by atoms with E-state index in [9.17, 15) is 0 Å². The number of aromatic nitrogens is 3. The monoisotopic (exact) mass is 282 g/mol. The molecule has 1 saturated heterocycles. The molecule has 1 aromatic heterocycles. The lowest BCUT2D eigenvalue weighted by Crippen LogP contribution is -2.32. The molecule has 6 heteroatoms. The fourth-order valence-electron chi connectivity index (χ4n) is 2.76. The Kier molecular flexibility index (Phi) is 4.40. The Morgan fingerprint density at radius 2 is 2.32 bits per heavy atom. The van der Waals surface area contributed by atoms with E-state index in [1.807, 2.05) is 0 Å². The van der Waals surface area contributed by atoms with Gasteiger partial charge in [0, 0.05) is 37.3 Å². The molecular formula is C13H22N4OS. The number of fused-ring (bicyclic) bond motifs is 1. The van der Waals surface area contributed by atoms with Crippen molar-refractivity contribution in [1.82, 2.24) is 14.8 Å². The summed E-state index contributed by atoms with van der Waals surface area (Å²) in [5.74, 6) is 2.57. The molecule has 0 spiro atoms. The number of hydrogen-bond donors (Lipinski definition) is 1. The fraction of sp³-hybridized carbons (Fsp3) is 0.846. The second-order valence-corrected chi connectivity index (χ2v) is 6.45. The van der Waals surface area contributed by atoms with Crippen molar-refractivity contribution in [2.24, 2.45) is 11.7 Å². The maximum atomic E-state index is 6.24. The van der Waals surface area contributed by atoms with Crippen molar-refractivity contribution < 1.29 is 4.74 Å². The Balaban J connectivity index is 1.59. The van der Waals surface area contributed by atoms with Crippen LogP contribution in [0.5, 0.6) is 0 Å². The van der Waals surface area contributed by atoms with Crippen LogP contribution in [0.15, 0.2) is 5.16 Å². The summed E-state index contributed by atoms with van der Waals surface area (Å²) in [5, 5.41) is 9.69. The molecule has 19 heavy (non-hydrogen) atoms. The lowest BCUT2D eigenvalue weighted by Gasteiger charge is -2.16. The van der Waals surface area contributed by atoms with Crippen LogP contribution in [0.3, 0.4) is 0 Å². The third-order valence-corrected chi connectivity index (χ3v) is 5.16. The predicted molar refractivity (Wildman–Crippen MR) is 75.2 cm³/mol. The molecule has 2 N–H and O–H groups in total. The molecule has 1 aromatic rings. The smallest absolute Gasteiger partial charge is 0.191 e. The minimum Gasteiger partial charge on any atom is -0.381 e. The van der Waals surface area contributed by atoms with Crippen LogP contribution in [0.2, 0.25) is 0 Å². The van der Waals surface area contributed by atoms with Crippen LogP contribution < -0.4 is 5.73 Å². The van der Waals surface area contributed by atoms with Crippen molar-refractivity contribution in [1.29, 1.82) is 0 Å². The summed E-state index contributed by atoms with van der Waals surface area (Å²) in [6.07, 6.45) is 5.94. The Morgan fingerprint density at radius 1 is 1.37 bits per heavy atom. The van der Waals surface area contributed by atoms with E-state index < -0.39 is 0 Å². The summed E-state index contributed by atoms with van der Waals surface area (Å²) in [5.41, 5.74) is 6.24. The molecule has 0 amide bonds. The second-order valence-electron chi connectivity index (χ2n) is 5.46. The SMILES string of the molecule is NC(CSc1nnc2n1CCCCC2)C1CCOC1. The zero-order valence-electron chi connectivity index (χ0n) is 11.3. The molecule has 3 rings (SSSR count). The Labute approximate surface area is 118 Å². The quantitative estimate of drug-likeness (QED) is 0.847. The van der Waals surface area contributed by atoms with Crippen LogP contribution in [-0.4, -0.2) is 39.8 Å². The topological polar surface area (TPSA) is 66.0 Å². The first-order chi connectivity index (χ1) is 9.34. The molecule has 2 aliphatic rings. The highest BCUT2D eigenvalue weighted by Gasteiger charge is 2.24. The van der Waals surface area contributed by atoms with Crippen molar-refractivity contribution in [3.05, 3.63) is 5.82 Å². The van der Waals surface area contributed by atoms with E-state index in [0.717, 1.165) is 49.3 Å². The highest BCUT2D eigenvalue weighted by atomic mass is 32.2. The Morgan fingerprint density at radius 3 is 3.16 bits per heavy atom. The van der Waals surface area contributed by atoms with Crippen LogP contribution in [0.25, 0.3) is 0 Å². The lowest BCUT2D eigenvalue weighted by atomic mass is 10.0. The van der Waals surface area contributed by atoms with Gasteiger partial charge in [-0.2, -0.15) is 0 Å². The summed E-state index contributed by atoms with van der Waals surface area (Å²) in [6.45, 7) is 2.75. The van der Waals surface area contributed by atoms with Crippen LogP contribution in [0, 0.1) is 5.92 Å². The van der Waals surface area contributed by atoms with Crippen molar-refractivity contribution in [3.63, 3.8) is 0 Å². The summed E-state index contributed by atoms with van der Waals surface area (Å²) in [4.78, 5) is 0. The molecule has 0 bridgehead atoms. The van der Waals surface area contributed by atoms with Gasteiger partial charge in [0.15, 0.2) is 5.16 Å². The first-order valence-corrected chi connectivity index (χ1v) is 8.21. The van der Waals surface area contributed by atoms with Gasteiger partial charge >= 0.3 is 0 Å². The van der Waals surface area contributed by atoms with E-state index >= 15 is 0 Å². The summed E-state index contributed by atoms with van der Waals surface area (Å²) in [6, 6.07) is 0.200. The fourth-order valence-corrected chi connectivity index (χ4v) is 3.83. The minimum atomic E-state index is 0.200. The third-order valence-electron chi connectivity index (χ3n) is 4.05. The largest absolute Gasteiger partial charge is 0.381 e. The molecule has 2 aliphatic heterocycles. The molecule has 0 aliphatic carbocycles. The zero-order valence-corrected chi connectivity index (χ0v) is 12.1. The minimum absolute atomic E-state index is 0.200. The summed E-state index contributed by atoms with van der Waals surface area (Å²) >= 11 is 1.75. The highest BCUT2D eigenvalue weighted by molar-refractivity contribution is 7.99. The average molecular weight is 282 g/mol. The van der Waals surface area contributed by atoms with E-state index in [1.165, 1.54) is 19.3 Å². The molecule has 5 nitrogen and oxygen atoms in total. The van der Waals surface area contributed by atoms with Gasteiger partial charge in [-0.15, -0.1) is 10.2 Å². The molecular weight excluding hydrogens is 260 g/mol. The lowest BCUT2D eigenvalue weighted by molar-refractivity contribution is 0.182. The Bertz CT molecular complexity index is 417. The number of aryl methyl sites for hydroxylation is 1. The van der Waals surface area contributed by atoms with Gasteiger partial charge in [-0.05, 0) is 19.3 Å². The predicted octanol–water partition coefficient (Wildman–Crippen LogP) is 1.46. The summed E-state index contributed by atoms with van der Waals surface area (Å²) < 4.78 is 7.69. The van der Waals surface area contributed by atoms with Crippen LogP contribution in [0.4, 0.5) is 0 Å². The molecule has 3 heterocycles. The van der Waals surface area contributed by atoms with E-state index in [0.29, 0.717) is 5.92 Å². The molecule has 2 unspecified atom stereocenters. The highest BCUT2D eigenvalue weighted by Crippen LogP contribution is 2.25. The Hall–Kier alpha value is -0.590. The van der Waals surface area contributed by atoms with Crippen molar-refractivity contribution in [2.45, 2.75) is 49.8 Å². The standard InChI is InChI=1S/C13H22N4OS/c14-11(10-5-7-18-8-10)9-19-13-16-15-12-4-2-1-3-6-17(12)13/h10-11H,1-9,14H2. The van der Waals surface area contributed by atoms with Gasteiger partial charge in [0.2, 0.25) is 0 Å². The van der Waals surface area contributed by atoms with Gasteiger partial charge in [0.05, 0.1) is 6.61 Å². The first kappa shape index (κ1) is 13.4. The van der Waals surface area contributed by atoms with Gasteiger partial charge < -0.3 is 15.0 Å². The average Bonchev–Trinajstić information content (AvgIpc) is 3.02. The molecule has 106 valence electrons. The molecule has 1 fully saturated rings. The molecule has 0 aromatic carbocycles. The van der Waals surface area contributed by atoms with Crippen LogP contribution >= 0.6 is 11.8 Å². The number of hydrogen-bond acceptors (Lipinski definition) is 5. The third kappa shape index (κ3) is 3.12. The summed E-state index contributed by atoms with van der Waals surface area (Å²) in [7, 11) is 0. The van der Waals surface area contributed by atoms with Crippen molar-refractivity contribution in [3.8, 4) is 0 Å². The number of nitrogens with two attached hydrogens (primary N) is 1. The number of rotatable bonds is 4. The number of thioether (sulfide) groups is 1. The second kappa shape index (κ2) is 6.24. The zero-order chi connectivity index (χ0) is 13.1. The van der Waals surface area contributed by atoms with Crippen molar-refractivity contribution >= 4 is 11.8 Å². The van der Waals surface area contributed by atoms with Gasteiger partial charge in [0.25, 0.3) is 0 Å². The molecule has 0 radical (unpaired) electrons. The van der Waals surface area contributed by atoms with Gasteiger partial charge in [-0.1, -0.05) is 18.2 Å². The van der Waals surface area contributed by atoms with Crippen LogP contribution in [0.1, 0.15) is 31.5 Å². The van der Waals surface area contributed by atoms with E-state index in [1.54, 1.807) is 11.8 Å². The molecule has 2 atom stereocenters. The normalized spacial score (nSPS) is 25.0. The van der Waals surface area contributed by atoms with Crippen molar-refractivity contribution in [2.75, 3.05) is 19.0 Å².